The van der Waals surface area contributed by atoms with Crippen molar-refractivity contribution in [2.45, 2.75) is 19.0 Å². The molecule has 0 amide bonds. The number of likely N-dealkylation sites (N-methyl/N-ethyl adjacent to an activating group) is 1. The Morgan fingerprint density at radius 2 is 2.19 bits per heavy atom. The second-order valence-corrected chi connectivity index (χ2v) is 5.89. The Labute approximate surface area is 125 Å². The van der Waals surface area contributed by atoms with Crippen molar-refractivity contribution in [1.29, 1.82) is 0 Å². The van der Waals surface area contributed by atoms with Crippen LogP contribution in [0.15, 0.2) is 6.20 Å². The highest BCUT2D eigenvalue weighted by Crippen LogP contribution is 2.21. The van der Waals surface area contributed by atoms with E-state index in [9.17, 15) is 0 Å². The average molecular weight is 289 g/mol. The van der Waals surface area contributed by atoms with Gasteiger partial charge in [-0.25, -0.2) is 9.97 Å². The molecule has 1 fully saturated rings. The van der Waals surface area contributed by atoms with E-state index < -0.39 is 0 Å². The summed E-state index contributed by atoms with van der Waals surface area (Å²) in [5.74, 6) is 1.71. The van der Waals surface area contributed by atoms with Gasteiger partial charge in [0.1, 0.15) is 11.6 Å². The average Bonchev–Trinajstić information content (AvgIpc) is 3.06. The van der Waals surface area contributed by atoms with Gasteiger partial charge in [-0.2, -0.15) is 5.10 Å². The zero-order valence-corrected chi connectivity index (χ0v) is 13.2. The lowest BCUT2D eigenvalue weighted by Crippen LogP contribution is -2.31. The molecule has 0 saturated carbocycles. The Bertz CT molecular complexity index is 634. The molecule has 0 radical (unpaired) electrons. The number of nitrogens with one attached hydrogen (secondary N) is 1. The lowest BCUT2D eigenvalue weighted by Gasteiger charge is -2.20. The predicted octanol–water partition coefficient (Wildman–Crippen LogP) is 0.541. The number of anilines is 1. The highest BCUT2D eigenvalue weighted by molar-refractivity contribution is 5.86. The van der Waals surface area contributed by atoms with Gasteiger partial charge >= 0.3 is 0 Å². The molecule has 0 aliphatic carbocycles. The normalized spacial score (nSPS) is 19.8. The first-order valence-electron chi connectivity index (χ1n) is 7.33. The van der Waals surface area contributed by atoms with Crippen LogP contribution in [0.3, 0.4) is 0 Å². The quantitative estimate of drug-likeness (QED) is 0.886. The minimum absolute atomic E-state index is 0.634. The third kappa shape index (κ3) is 2.71. The van der Waals surface area contributed by atoms with E-state index in [1.54, 1.807) is 4.68 Å². The van der Waals surface area contributed by atoms with Crippen LogP contribution >= 0.6 is 0 Å². The van der Waals surface area contributed by atoms with E-state index in [0.29, 0.717) is 6.04 Å². The smallest absolute Gasteiger partial charge is 0.163 e. The van der Waals surface area contributed by atoms with Crippen LogP contribution < -0.4 is 5.32 Å². The van der Waals surface area contributed by atoms with Crippen molar-refractivity contribution in [1.82, 2.24) is 29.5 Å². The van der Waals surface area contributed by atoms with Gasteiger partial charge in [-0.05, 0) is 20.5 Å². The maximum atomic E-state index is 4.67. The number of likely N-dealkylation sites (tertiary alicyclic amines) is 1. The Hall–Kier alpha value is -1.73. The molecule has 0 bridgehead atoms. The topological polar surface area (TPSA) is 62.1 Å². The van der Waals surface area contributed by atoms with Crippen molar-refractivity contribution in [3.63, 3.8) is 0 Å². The fourth-order valence-corrected chi connectivity index (χ4v) is 2.91. The number of aromatic nitrogens is 4. The van der Waals surface area contributed by atoms with Gasteiger partial charge < -0.3 is 10.2 Å². The molecule has 3 rings (SSSR count). The Morgan fingerprint density at radius 3 is 2.86 bits per heavy atom. The van der Waals surface area contributed by atoms with E-state index >= 15 is 0 Å². The van der Waals surface area contributed by atoms with E-state index in [1.807, 2.05) is 20.3 Å². The number of nitrogens with zero attached hydrogens (tertiary/aromatic N) is 6. The number of hydrogen-bond donors (Lipinski definition) is 1. The molecule has 0 spiro atoms. The van der Waals surface area contributed by atoms with Crippen LogP contribution in [0.2, 0.25) is 0 Å². The molecular formula is C14H23N7. The van der Waals surface area contributed by atoms with Gasteiger partial charge in [-0.15, -0.1) is 0 Å². The van der Waals surface area contributed by atoms with E-state index in [0.717, 1.165) is 42.3 Å². The summed E-state index contributed by atoms with van der Waals surface area (Å²) in [6.07, 6.45) is 3.02. The number of fused-ring (bicyclic) bond motifs is 1. The maximum Gasteiger partial charge on any atom is 0.163 e. The van der Waals surface area contributed by atoms with Crippen LogP contribution in [-0.2, 0) is 13.6 Å². The first-order valence-corrected chi connectivity index (χ1v) is 7.33. The van der Waals surface area contributed by atoms with Gasteiger partial charge in [-0.1, -0.05) is 0 Å². The van der Waals surface area contributed by atoms with Crippen molar-refractivity contribution >= 4 is 16.9 Å². The van der Waals surface area contributed by atoms with Crippen LogP contribution in [0.4, 0.5) is 5.82 Å². The SMILES string of the molecule is CNc1nc(CN2CCC(N(C)C)C2)nc2c1cnn2C. The van der Waals surface area contributed by atoms with Gasteiger partial charge in [0, 0.05) is 33.2 Å². The molecule has 1 aliphatic rings. The number of aryl methyl sites for hydroxylation is 1. The first kappa shape index (κ1) is 14.2. The van der Waals surface area contributed by atoms with Crippen molar-refractivity contribution in [3.8, 4) is 0 Å². The lowest BCUT2D eigenvalue weighted by atomic mass is 10.2. The molecule has 2 aromatic rings. The summed E-state index contributed by atoms with van der Waals surface area (Å²) in [5.41, 5.74) is 0.882. The lowest BCUT2D eigenvalue weighted by molar-refractivity contribution is 0.261. The second-order valence-electron chi connectivity index (χ2n) is 5.89. The number of rotatable bonds is 4. The Balaban J connectivity index is 1.83. The molecule has 114 valence electrons. The maximum absolute atomic E-state index is 4.67. The first-order chi connectivity index (χ1) is 10.1. The van der Waals surface area contributed by atoms with Crippen LogP contribution in [0.5, 0.6) is 0 Å². The second kappa shape index (κ2) is 5.57. The third-order valence-electron chi connectivity index (χ3n) is 4.22. The van der Waals surface area contributed by atoms with Gasteiger partial charge in [0.2, 0.25) is 0 Å². The zero-order chi connectivity index (χ0) is 15.0. The van der Waals surface area contributed by atoms with Crippen molar-refractivity contribution < 1.29 is 0 Å². The van der Waals surface area contributed by atoms with Gasteiger partial charge in [0.25, 0.3) is 0 Å². The molecule has 7 nitrogen and oxygen atoms in total. The molecule has 21 heavy (non-hydrogen) atoms. The molecule has 7 heteroatoms. The molecule has 0 aromatic carbocycles. The van der Waals surface area contributed by atoms with Gasteiger partial charge in [-0.3, -0.25) is 9.58 Å². The summed E-state index contributed by atoms with van der Waals surface area (Å²) in [5, 5.41) is 8.38. The third-order valence-corrected chi connectivity index (χ3v) is 4.22. The standard InChI is InChI=1S/C14H23N7/c1-15-13-11-7-16-20(4)14(11)18-12(17-13)9-21-6-5-10(8-21)19(2)3/h7,10H,5-6,8-9H2,1-4H3,(H,15,17,18). The summed E-state index contributed by atoms with van der Waals surface area (Å²) in [7, 11) is 8.09. The highest BCUT2D eigenvalue weighted by atomic mass is 15.3. The summed E-state index contributed by atoms with van der Waals surface area (Å²) in [4.78, 5) is 14.0. The van der Waals surface area contributed by atoms with Crippen LogP contribution in [0, 0.1) is 0 Å². The van der Waals surface area contributed by atoms with Gasteiger partial charge in [0.15, 0.2) is 5.65 Å². The highest BCUT2D eigenvalue weighted by Gasteiger charge is 2.24. The molecule has 1 atom stereocenters. The van der Waals surface area contributed by atoms with E-state index in [4.69, 9.17) is 0 Å². The molecule has 1 aliphatic heterocycles. The number of hydrogen-bond acceptors (Lipinski definition) is 6. The van der Waals surface area contributed by atoms with E-state index in [-0.39, 0.29) is 0 Å². The molecular weight excluding hydrogens is 266 g/mol. The Kier molecular flexibility index (Phi) is 3.77. The molecule has 1 saturated heterocycles. The predicted molar refractivity (Wildman–Crippen MR) is 83.2 cm³/mol. The van der Waals surface area contributed by atoms with Crippen LogP contribution in [-0.4, -0.2) is 69.8 Å². The largest absolute Gasteiger partial charge is 0.372 e. The fraction of sp³-hybridized carbons (Fsp3) is 0.643. The fourth-order valence-electron chi connectivity index (χ4n) is 2.91. The van der Waals surface area contributed by atoms with Crippen molar-refractivity contribution in [2.75, 3.05) is 39.5 Å². The van der Waals surface area contributed by atoms with Crippen LogP contribution in [0.25, 0.3) is 11.0 Å². The van der Waals surface area contributed by atoms with Crippen molar-refractivity contribution in [3.05, 3.63) is 12.0 Å². The van der Waals surface area contributed by atoms with Crippen LogP contribution in [0.1, 0.15) is 12.2 Å². The molecule has 3 heterocycles. The monoisotopic (exact) mass is 289 g/mol. The molecule has 1 N–H and O–H groups in total. The summed E-state index contributed by atoms with van der Waals surface area (Å²) in [6, 6.07) is 0.634. The molecule has 2 aromatic heterocycles. The minimum Gasteiger partial charge on any atom is -0.372 e. The Morgan fingerprint density at radius 1 is 1.38 bits per heavy atom. The van der Waals surface area contributed by atoms with Crippen molar-refractivity contribution in [2.24, 2.45) is 7.05 Å². The summed E-state index contributed by atoms with van der Waals surface area (Å²) < 4.78 is 1.80. The zero-order valence-electron chi connectivity index (χ0n) is 13.2. The van der Waals surface area contributed by atoms with E-state index in [1.165, 1.54) is 6.42 Å². The summed E-state index contributed by atoms with van der Waals surface area (Å²) >= 11 is 0. The van der Waals surface area contributed by atoms with Gasteiger partial charge in [0.05, 0.1) is 18.1 Å². The molecule has 1 unspecified atom stereocenters. The minimum atomic E-state index is 0.634. The van der Waals surface area contributed by atoms with E-state index in [2.05, 4.69) is 44.3 Å². The summed E-state index contributed by atoms with van der Waals surface area (Å²) in [6.45, 7) is 2.97.